The van der Waals surface area contributed by atoms with Gasteiger partial charge in [-0.15, -0.1) is 11.3 Å². The second-order valence-electron chi connectivity index (χ2n) is 32.7. The Morgan fingerprint density at radius 2 is 0.820 bits per heavy atom. The highest BCUT2D eigenvalue weighted by Crippen LogP contribution is 2.55. The predicted molar refractivity (Wildman–Crippen MR) is 437 cm³/mol. The topological polar surface area (TPSA) is 8.17 Å². The summed E-state index contributed by atoms with van der Waals surface area (Å²) < 4.78 is 5.43. The van der Waals surface area contributed by atoms with Gasteiger partial charge in [-0.3, -0.25) is 0 Å². The molecule has 0 saturated heterocycles. The van der Waals surface area contributed by atoms with Crippen LogP contribution in [0.15, 0.2) is 261 Å². The Morgan fingerprint density at radius 1 is 0.320 bits per heavy atom. The maximum absolute atomic E-state index is 2.77. The first-order chi connectivity index (χ1) is 48.2. The van der Waals surface area contributed by atoms with Crippen molar-refractivity contribution in [3.63, 3.8) is 0 Å². The SMILES string of the molecule is CC(C)(C)c1ccc(-c2cc(N3c4cc(-c5c(-c6ccccc6)cccc5-c5ccccc5)cc5c4B(c4sc6ccc(C(C)(C)C)cc6c43)c3cc4c6ccccc6c6ccccc6c4c4c6c7c8ccccc8c8ccccc8c7ccc6n-5c34)ccc2C(C)(C)C)c(C(C)(C)C)c1. The van der Waals surface area contributed by atoms with Crippen molar-refractivity contribution >= 4 is 147 Å². The van der Waals surface area contributed by atoms with Crippen molar-refractivity contribution in [1.82, 2.24) is 4.57 Å². The fraction of sp³-hybridized carbons (Fsp3) is 0.167. The zero-order valence-corrected chi connectivity index (χ0v) is 60.0. The first kappa shape index (κ1) is 60.6. The molecule has 4 heteroatoms. The highest BCUT2D eigenvalue weighted by molar-refractivity contribution is 7.33. The molecule has 0 saturated carbocycles. The van der Waals surface area contributed by atoms with E-state index >= 15 is 0 Å². The third kappa shape index (κ3) is 8.88. The average Bonchev–Trinajstić information content (AvgIpc) is 1.46. The van der Waals surface area contributed by atoms with Crippen molar-refractivity contribution in [2.75, 3.05) is 4.90 Å². The summed E-state index contributed by atoms with van der Waals surface area (Å²) in [6, 6.07) is 101. The molecule has 19 rings (SSSR count). The van der Waals surface area contributed by atoms with E-state index in [1.807, 2.05) is 11.3 Å². The predicted octanol–water partition coefficient (Wildman–Crippen LogP) is 25.4. The molecule has 15 aromatic carbocycles. The monoisotopic (exact) mass is 1300 g/mol. The van der Waals surface area contributed by atoms with E-state index in [9.17, 15) is 0 Å². The van der Waals surface area contributed by atoms with Gasteiger partial charge in [-0.1, -0.05) is 301 Å². The van der Waals surface area contributed by atoms with Crippen LogP contribution in [0.25, 0.3) is 147 Å². The normalized spacial score (nSPS) is 13.4. The molecule has 0 atom stereocenters. The van der Waals surface area contributed by atoms with Crippen molar-refractivity contribution in [3.8, 4) is 50.2 Å². The number of benzene rings is 15. The summed E-state index contributed by atoms with van der Waals surface area (Å²) in [5.41, 5.74) is 24.6. The highest BCUT2D eigenvalue weighted by atomic mass is 32.1. The van der Waals surface area contributed by atoms with E-state index in [1.165, 1.54) is 196 Å². The average molecular weight is 1300 g/mol. The van der Waals surface area contributed by atoms with Crippen LogP contribution in [0.1, 0.15) is 105 Å². The van der Waals surface area contributed by atoms with Gasteiger partial charge in [0.2, 0.25) is 0 Å². The molecular weight excluding hydrogens is 1220 g/mol. The van der Waals surface area contributed by atoms with Gasteiger partial charge in [0.25, 0.3) is 6.71 Å². The van der Waals surface area contributed by atoms with Crippen LogP contribution in [0, 0.1) is 0 Å². The second-order valence-corrected chi connectivity index (χ2v) is 33.8. The summed E-state index contributed by atoms with van der Waals surface area (Å²) in [6.45, 7) is 28.4. The second kappa shape index (κ2) is 21.5. The zero-order valence-electron chi connectivity index (χ0n) is 59.2. The summed E-state index contributed by atoms with van der Waals surface area (Å²) in [6.07, 6.45) is 0. The van der Waals surface area contributed by atoms with E-state index in [4.69, 9.17) is 0 Å². The molecule has 0 radical (unpaired) electrons. The maximum Gasteiger partial charge on any atom is 0.264 e. The van der Waals surface area contributed by atoms with Crippen LogP contribution in [-0.4, -0.2) is 11.3 Å². The molecule has 0 bridgehead atoms. The molecule has 2 aliphatic heterocycles. The fourth-order valence-corrected chi connectivity index (χ4v) is 19.1. The molecule has 0 fully saturated rings. The molecule has 0 amide bonds. The van der Waals surface area contributed by atoms with Gasteiger partial charge < -0.3 is 9.47 Å². The van der Waals surface area contributed by atoms with Crippen molar-refractivity contribution in [1.29, 1.82) is 0 Å². The van der Waals surface area contributed by atoms with Crippen LogP contribution >= 0.6 is 11.3 Å². The van der Waals surface area contributed by atoms with Crippen molar-refractivity contribution in [2.24, 2.45) is 0 Å². The molecule has 2 nitrogen and oxygen atoms in total. The van der Waals surface area contributed by atoms with Crippen LogP contribution in [0.4, 0.5) is 17.1 Å². The number of hydrogen-bond acceptors (Lipinski definition) is 2. The third-order valence-corrected chi connectivity index (χ3v) is 23.7. The van der Waals surface area contributed by atoms with Crippen LogP contribution in [-0.2, 0) is 21.7 Å². The third-order valence-electron chi connectivity index (χ3n) is 22.5. The number of fused-ring (bicyclic) bond motifs is 23. The molecule has 100 heavy (non-hydrogen) atoms. The number of anilines is 3. The Labute approximate surface area is 590 Å². The summed E-state index contributed by atoms with van der Waals surface area (Å²) in [4.78, 5) is 2.76. The highest BCUT2D eigenvalue weighted by Gasteiger charge is 2.46. The quantitative estimate of drug-likeness (QED) is 0.123. The molecular formula is C96H79BN2S. The standard InChI is InChI=1S/C96H79BN2S/c1-93(2,3)59-43-49-83-76(52-59)90-92(100-83)97-79-55-75-69-37-22-20-33-65(69)67-35-24-26-39-72(67)86(75)88-87-80(48-46-73-68-36-21-19-32-64(68)66-34-23-25-38-71(66)85(73)87)99(91(79)88)82-51-58(84-62(56-28-15-13-16-29-56)40-27-41-63(84)57-30-17-14-18-31-57)50-81(89(82)97)98(90)61-44-47-77(95(7,8)9)74(54-61)70-45-42-60(94(4,5)6)53-78(70)96(10,11)12/h13-55H,1-12H3. The van der Waals surface area contributed by atoms with Crippen molar-refractivity contribution in [2.45, 2.75) is 105 Å². The minimum Gasteiger partial charge on any atom is -0.310 e. The lowest BCUT2D eigenvalue weighted by Crippen LogP contribution is -2.59. The van der Waals surface area contributed by atoms with Crippen molar-refractivity contribution in [3.05, 3.63) is 283 Å². The van der Waals surface area contributed by atoms with Gasteiger partial charge >= 0.3 is 0 Å². The van der Waals surface area contributed by atoms with Gasteiger partial charge in [0.1, 0.15) is 0 Å². The Balaban J connectivity index is 1.06. The Morgan fingerprint density at radius 3 is 1.39 bits per heavy atom. The van der Waals surface area contributed by atoms with Crippen LogP contribution in [0.2, 0.25) is 0 Å². The number of hydrogen-bond donors (Lipinski definition) is 0. The Kier molecular flexibility index (Phi) is 13.0. The molecule has 482 valence electrons. The smallest absolute Gasteiger partial charge is 0.264 e. The van der Waals surface area contributed by atoms with Gasteiger partial charge in [0.05, 0.1) is 16.7 Å². The van der Waals surface area contributed by atoms with E-state index in [0.717, 1.165) is 5.69 Å². The summed E-state index contributed by atoms with van der Waals surface area (Å²) >= 11 is 2.01. The first-order valence-corrected chi connectivity index (χ1v) is 36.7. The minimum absolute atomic E-state index is 0.0266. The van der Waals surface area contributed by atoms with E-state index in [0.29, 0.717) is 0 Å². The van der Waals surface area contributed by atoms with Crippen LogP contribution in [0.5, 0.6) is 0 Å². The molecule has 2 aromatic heterocycles. The number of rotatable bonds is 5. The summed E-state index contributed by atoms with van der Waals surface area (Å²) in [7, 11) is 0. The molecule has 0 unspecified atom stereocenters. The van der Waals surface area contributed by atoms with E-state index < -0.39 is 0 Å². The lowest BCUT2D eigenvalue weighted by Gasteiger charge is -2.40. The lowest BCUT2D eigenvalue weighted by atomic mass is 9.36. The minimum atomic E-state index is -0.181. The molecule has 2 aliphatic rings. The summed E-state index contributed by atoms with van der Waals surface area (Å²) in [5, 5.41) is 19.3. The van der Waals surface area contributed by atoms with Gasteiger partial charge in [0.15, 0.2) is 0 Å². The number of thiophene rings is 1. The lowest BCUT2D eigenvalue weighted by molar-refractivity contribution is 0.568. The van der Waals surface area contributed by atoms with Gasteiger partial charge in [-0.05, 0) is 196 Å². The van der Waals surface area contributed by atoms with Crippen molar-refractivity contribution < 1.29 is 0 Å². The molecule has 0 spiro atoms. The number of nitrogens with zero attached hydrogens (tertiary/aromatic N) is 2. The van der Waals surface area contributed by atoms with E-state index in [2.05, 4.69) is 353 Å². The van der Waals surface area contributed by atoms with E-state index in [-0.39, 0.29) is 28.4 Å². The Hall–Kier alpha value is -10.5. The van der Waals surface area contributed by atoms with Crippen LogP contribution < -0.4 is 20.6 Å². The van der Waals surface area contributed by atoms with Gasteiger partial charge in [-0.25, -0.2) is 0 Å². The molecule has 0 aliphatic carbocycles. The number of aromatic nitrogens is 1. The molecule has 17 aromatic rings. The first-order valence-electron chi connectivity index (χ1n) is 35.8. The maximum atomic E-state index is 2.77. The molecule has 0 N–H and O–H groups in total. The largest absolute Gasteiger partial charge is 0.310 e. The van der Waals surface area contributed by atoms with Gasteiger partial charge in [-0.2, -0.15) is 0 Å². The fourth-order valence-electron chi connectivity index (χ4n) is 17.8. The Bertz CT molecular complexity index is 6280. The van der Waals surface area contributed by atoms with Gasteiger partial charge in [0, 0.05) is 53.5 Å². The molecule has 4 heterocycles. The zero-order chi connectivity index (χ0) is 68.2. The van der Waals surface area contributed by atoms with Crippen LogP contribution in [0.3, 0.4) is 0 Å². The van der Waals surface area contributed by atoms with E-state index in [1.54, 1.807) is 0 Å². The summed E-state index contributed by atoms with van der Waals surface area (Å²) in [5.74, 6) is 0.